The number of nitrogens with zero attached hydrogens (tertiary/aromatic N) is 1. The largest absolute Gasteiger partial charge is 0.434 e. The van der Waals surface area contributed by atoms with Gasteiger partial charge in [0.15, 0.2) is 6.20 Å². The minimum Gasteiger partial charge on any atom is -0.434 e. The molecule has 0 saturated heterocycles. The molecule has 0 radical (unpaired) electrons. The van der Waals surface area contributed by atoms with Gasteiger partial charge >= 0.3 is 0 Å². The molecule has 0 spiro atoms. The maximum Gasteiger partial charge on any atom is 0.285 e. The summed E-state index contributed by atoms with van der Waals surface area (Å²) in [5.74, 6) is 7.84. The van der Waals surface area contributed by atoms with Crippen LogP contribution in [0.1, 0.15) is 49.3 Å². The van der Waals surface area contributed by atoms with Crippen molar-refractivity contribution >= 4 is 0 Å². The smallest absolute Gasteiger partial charge is 0.285 e. The predicted octanol–water partition coefficient (Wildman–Crippen LogP) is 4.67. The van der Waals surface area contributed by atoms with Crippen LogP contribution in [0.5, 0.6) is 11.6 Å². The number of benzene rings is 2. The molecule has 1 aromatic heterocycles. The van der Waals surface area contributed by atoms with Crippen LogP contribution in [0.4, 0.5) is 0 Å². The number of rotatable bonds is 4. The molecule has 4 nitrogen and oxygen atoms in total. The zero-order valence-corrected chi connectivity index (χ0v) is 18.5. The van der Waals surface area contributed by atoms with E-state index in [1.54, 1.807) is 18.6 Å². The van der Waals surface area contributed by atoms with Gasteiger partial charge in [0.05, 0.1) is 6.20 Å². The molecular formula is C28H29N2O2+. The summed E-state index contributed by atoms with van der Waals surface area (Å²) in [5, 5.41) is 11.1. The summed E-state index contributed by atoms with van der Waals surface area (Å²) in [5.41, 5.74) is 3.25. The number of fused-ring (bicyclic) bond motifs is 3. The molecule has 1 heterocycles. The highest BCUT2D eigenvalue weighted by molar-refractivity contribution is 5.46. The Balaban J connectivity index is 1.53. The summed E-state index contributed by atoms with van der Waals surface area (Å²) in [6.45, 7) is 1.82. The van der Waals surface area contributed by atoms with Gasteiger partial charge in [-0.25, -0.2) is 9.97 Å². The van der Waals surface area contributed by atoms with Gasteiger partial charge in [-0.1, -0.05) is 42.3 Å². The zero-order valence-electron chi connectivity index (χ0n) is 18.5. The first-order valence-corrected chi connectivity index (χ1v) is 11.4. The highest BCUT2D eigenvalue weighted by Gasteiger charge is 2.51. The van der Waals surface area contributed by atoms with Crippen LogP contribution in [0, 0.1) is 17.8 Å². The number of aryl methyl sites for hydroxylation is 1. The van der Waals surface area contributed by atoms with Crippen molar-refractivity contribution in [3.63, 3.8) is 0 Å². The maximum atomic E-state index is 11.1. The maximum absolute atomic E-state index is 11.1. The van der Waals surface area contributed by atoms with Gasteiger partial charge in [0.2, 0.25) is 6.20 Å². The summed E-state index contributed by atoms with van der Waals surface area (Å²) >= 11 is 0. The topological polar surface area (TPSA) is 56.5 Å². The van der Waals surface area contributed by atoms with Crippen molar-refractivity contribution in [3.05, 3.63) is 83.8 Å². The van der Waals surface area contributed by atoms with Crippen LogP contribution < -0.4 is 9.72 Å². The van der Waals surface area contributed by atoms with Gasteiger partial charge in [-0.2, -0.15) is 0 Å². The quantitative estimate of drug-likeness (QED) is 0.618. The molecule has 0 aliphatic heterocycles. The molecule has 3 atom stereocenters. The van der Waals surface area contributed by atoms with Gasteiger partial charge in [-0.3, -0.25) is 0 Å². The minimum absolute atomic E-state index is 0.00783. The molecule has 2 aliphatic rings. The molecule has 162 valence electrons. The first kappa shape index (κ1) is 20.7. The normalized spacial score (nSPS) is 26.2. The Morgan fingerprint density at radius 3 is 2.84 bits per heavy atom. The van der Waals surface area contributed by atoms with Gasteiger partial charge < -0.3 is 9.84 Å². The van der Waals surface area contributed by atoms with Crippen LogP contribution in [0.3, 0.4) is 0 Å². The van der Waals surface area contributed by atoms with Crippen LogP contribution >= 0.6 is 0 Å². The van der Waals surface area contributed by atoms with Gasteiger partial charge in [0, 0.05) is 5.41 Å². The second kappa shape index (κ2) is 8.41. The van der Waals surface area contributed by atoms with E-state index in [0.717, 1.165) is 37.9 Å². The van der Waals surface area contributed by atoms with Gasteiger partial charge in [-0.05, 0) is 80.2 Å². The Morgan fingerprint density at radius 2 is 2.06 bits per heavy atom. The lowest BCUT2D eigenvalue weighted by atomic mass is 9.52. The average Bonchev–Trinajstić information content (AvgIpc) is 2.81. The third kappa shape index (κ3) is 3.89. The monoisotopic (exact) mass is 425 g/mol. The number of nitrogens with one attached hydrogen (secondary N) is 1. The molecule has 0 bridgehead atoms. The number of hydrogen-bond donors (Lipinski definition) is 1. The number of aromatic amines is 1. The van der Waals surface area contributed by atoms with Crippen molar-refractivity contribution in [1.29, 1.82) is 0 Å². The summed E-state index contributed by atoms with van der Waals surface area (Å²) in [4.78, 5) is 7.27. The molecule has 32 heavy (non-hydrogen) atoms. The van der Waals surface area contributed by atoms with Crippen LogP contribution in [0.25, 0.3) is 0 Å². The van der Waals surface area contributed by atoms with Crippen molar-refractivity contribution in [3.8, 4) is 23.5 Å². The van der Waals surface area contributed by atoms with E-state index in [0.29, 0.717) is 18.2 Å². The fourth-order valence-electron chi connectivity index (χ4n) is 5.85. The molecule has 2 N–H and O–H groups in total. The Kier molecular flexibility index (Phi) is 5.45. The van der Waals surface area contributed by atoms with E-state index in [4.69, 9.17) is 4.74 Å². The number of H-pyrrole nitrogens is 1. The Hall–Kier alpha value is -3.16. The van der Waals surface area contributed by atoms with E-state index < -0.39 is 5.60 Å². The molecule has 3 unspecified atom stereocenters. The third-order valence-electron chi connectivity index (χ3n) is 7.25. The Labute approximate surface area is 189 Å². The zero-order chi connectivity index (χ0) is 22.0. The minimum atomic E-state index is -0.865. The van der Waals surface area contributed by atoms with E-state index >= 15 is 0 Å². The van der Waals surface area contributed by atoms with Crippen molar-refractivity contribution in [1.82, 2.24) is 4.98 Å². The molecule has 3 aromatic rings. The molecule has 1 saturated carbocycles. The number of aromatic nitrogens is 2. The van der Waals surface area contributed by atoms with Crippen molar-refractivity contribution < 1.29 is 14.8 Å². The number of aliphatic hydroxyl groups is 1. The van der Waals surface area contributed by atoms with Crippen LogP contribution in [-0.4, -0.2) is 15.7 Å². The summed E-state index contributed by atoms with van der Waals surface area (Å²) < 4.78 is 6.00. The van der Waals surface area contributed by atoms with Crippen molar-refractivity contribution in [2.45, 2.75) is 56.5 Å². The Bertz CT molecular complexity index is 1150. The SMILES string of the molecule is CC#CC1(O)CCC2(Cc3ccccc3)c3ccc(Oc4c[nH+]ccn4)cc3CCC2C1. The molecule has 0 amide bonds. The molecule has 2 aromatic carbocycles. The fourth-order valence-corrected chi connectivity index (χ4v) is 5.85. The van der Waals surface area contributed by atoms with E-state index in [2.05, 4.69) is 70.3 Å². The number of hydrogen-bond acceptors (Lipinski definition) is 3. The van der Waals surface area contributed by atoms with Crippen molar-refractivity contribution in [2.75, 3.05) is 0 Å². The predicted molar refractivity (Wildman–Crippen MR) is 123 cm³/mol. The summed E-state index contributed by atoms with van der Waals surface area (Å²) in [6, 6.07) is 17.3. The third-order valence-corrected chi connectivity index (χ3v) is 7.25. The van der Waals surface area contributed by atoms with Gasteiger partial charge in [-0.15, -0.1) is 5.92 Å². The second-order valence-electron chi connectivity index (χ2n) is 9.18. The average molecular weight is 426 g/mol. The first-order valence-electron chi connectivity index (χ1n) is 11.4. The van der Waals surface area contributed by atoms with Crippen LogP contribution in [-0.2, 0) is 18.3 Å². The van der Waals surface area contributed by atoms with Crippen LogP contribution in [0.2, 0.25) is 0 Å². The van der Waals surface area contributed by atoms with E-state index in [1.807, 2.05) is 6.92 Å². The molecular weight excluding hydrogens is 396 g/mol. The highest BCUT2D eigenvalue weighted by atomic mass is 16.5. The lowest BCUT2D eigenvalue weighted by Gasteiger charge is -2.52. The van der Waals surface area contributed by atoms with Gasteiger partial charge in [0.1, 0.15) is 11.4 Å². The van der Waals surface area contributed by atoms with E-state index in [9.17, 15) is 5.11 Å². The molecule has 5 rings (SSSR count). The highest BCUT2D eigenvalue weighted by Crippen LogP contribution is 2.54. The number of ether oxygens (including phenoxy) is 1. The fraction of sp³-hybridized carbons (Fsp3) is 0.357. The van der Waals surface area contributed by atoms with Gasteiger partial charge in [0.25, 0.3) is 5.88 Å². The molecule has 4 heteroatoms. The van der Waals surface area contributed by atoms with Crippen LogP contribution in [0.15, 0.2) is 67.1 Å². The lowest BCUT2D eigenvalue weighted by Crippen LogP contribution is -2.50. The summed E-state index contributed by atoms with van der Waals surface area (Å²) in [6.07, 6.45) is 10.6. The second-order valence-corrected chi connectivity index (χ2v) is 9.18. The standard InChI is InChI=1S/C28H28N2O2/c1-2-12-27(31)13-14-28(18-21-6-4-3-5-7-21)23(19-27)9-8-22-17-24(10-11-25(22)28)32-26-20-29-15-16-30-26/h3-7,10-11,15-17,20,23,31H,8-9,13-14,18-19H2,1H3/p+1. The first-order chi connectivity index (χ1) is 15.6. The lowest BCUT2D eigenvalue weighted by molar-refractivity contribution is -0.379. The molecule has 2 aliphatic carbocycles. The van der Waals surface area contributed by atoms with E-state index in [-0.39, 0.29) is 5.41 Å². The molecule has 1 fully saturated rings. The van der Waals surface area contributed by atoms with E-state index in [1.165, 1.54) is 16.7 Å². The van der Waals surface area contributed by atoms with Crippen molar-refractivity contribution in [2.24, 2.45) is 5.92 Å². The summed E-state index contributed by atoms with van der Waals surface area (Å²) in [7, 11) is 0. The Morgan fingerprint density at radius 1 is 1.19 bits per heavy atom.